The molecule has 1 saturated heterocycles. The van der Waals surface area contributed by atoms with Crippen LogP contribution in [-0.2, 0) is 19.2 Å². The summed E-state index contributed by atoms with van der Waals surface area (Å²) in [6.45, 7) is 0. The summed E-state index contributed by atoms with van der Waals surface area (Å²) in [5.41, 5.74) is 12.0. The zero-order chi connectivity index (χ0) is 30.6. The lowest BCUT2D eigenvalue weighted by atomic mass is 10.0. The second-order valence-corrected chi connectivity index (χ2v) is 12.6. The van der Waals surface area contributed by atoms with Crippen LogP contribution in [-0.4, -0.2) is 77.5 Å². The summed E-state index contributed by atoms with van der Waals surface area (Å²) >= 11 is 16.2. The first kappa shape index (κ1) is 31.6. The van der Waals surface area contributed by atoms with Gasteiger partial charge in [0.1, 0.15) is 28.0 Å². The van der Waals surface area contributed by atoms with E-state index in [4.69, 9.17) is 39.8 Å². The van der Waals surface area contributed by atoms with Gasteiger partial charge in [-0.15, -0.1) is 35.3 Å². The topological polar surface area (TPSA) is 202 Å². The van der Waals surface area contributed by atoms with Crippen LogP contribution in [0.25, 0.3) is 6.08 Å². The number of rotatable bonds is 11. The molecule has 42 heavy (non-hydrogen) atoms. The quantitative estimate of drug-likeness (QED) is 0.101. The molecule has 2 aliphatic heterocycles. The number of nitrogens with zero attached hydrogens (tertiary/aromatic N) is 3. The number of aromatic nitrogens is 2. The first-order valence-corrected chi connectivity index (χ1v) is 15.6. The molecule has 1 aromatic heterocycles. The molecule has 0 aliphatic carbocycles. The number of carbonyl (C=O) groups excluding carboxylic acids is 2. The number of nitrogens with two attached hydrogens (primary N) is 2. The number of anilines is 2. The number of amides is 2. The van der Waals surface area contributed by atoms with Gasteiger partial charge in [-0.1, -0.05) is 35.4 Å². The number of carboxylic acids is 2. The molecule has 7 N–H and O–H groups in total. The molecule has 0 bridgehead atoms. The van der Waals surface area contributed by atoms with Crippen molar-refractivity contribution in [2.75, 3.05) is 28.7 Å². The number of nitrogens with one attached hydrogen (secondary N) is 1. The van der Waals surface area contributed by atoms with Gasteiger partial charge < -0.3 is 27.0 Å². The van der Waals surface area contributed by atoms with Crippen LogP contribution in [0.1, 0.15) is 5.56 Å². The fourth-order valence-electron chi connectivity index (χ4n) is 3.93. The zero-order valence-corrected chi connectivity index (χ0v) is 25.3. The number of carboxylic acid groups (broad SMARTS) is 2. The van der Waals surface area contributed by atoms with Crippen LogP contribution in [0.15, 0.2) is 57.6 Å². The van der Waals surface area contributed by atoms with Gasteiger partial charge in [-0.25, -0.2) is 14.6 Å². The number of thioether (sulfide) groups is 3. The monoisotopic (exact) mass is 668 g/mol. The minimum atomic E-state index is -1.24. The van der Waals surface area contributed by atoms with Gasteiger partial charge in [-0.2, -0.15) is 4.98 Å². The Hall–Kier alpha value is -3.37. The Morgan fingerprint density at radius 3 is 2.57 bits per heavy atom. The highest BCUT2D eigenvalue weighted by Gasteiger charge is 2.53. The highest BCUT2D eigenvalue weighted by molar-refractivity contribution is 8.00. The average molecular weight is 670 g/mol. The Balaban J connectivity index is 1.35. The zero-order valence-electron chi connectivity index (χ0n) is 21.3. The van der Waals surface area contributed by atoms with E-state index in [9.17, 15) is 24.3 Å². The number of β-lactam (4-membered cyclic amide) rings is 1. The smallest absolute Gasteiger partial charge is 0.352 e. The van der Waals surface area contributed by atoms with E-state index in [1.165, 1.54) is 46.6 Å². The summed E-state index contributed by atoms with van der Waals surface area (Å²) in [5, 5.41) is 21.9. The molecular weight excluding hydrogens is 647 g/mol. The number of nitrogen functional groups attached to an aromatic ring is 2. The number of carbonyl (C=O) groups is 4. The first-order valence-electron chi connectivity index (χ1n) is 11.9. The predicted molar refractivity (Wildman–Crippen MR) is 164 cm³/mol. The van der Waals surface area contributed by atoms with Gasteiger partial charge in [0.2, 0.25) is 11.9 Å². The van der Waals surface area contributed by atoms with E-state index < -0.39 is 35.2 Å². The number of halogens is 2. The Morgan fingerprint density at radius 2 is 1.88 bits per heavy atom. The van der Waals surface area contributed by atoms with Crippen LogP contribution in [0.3, 0.4) is 0 Å². The van der Waals surface area contributed by atoms with Crippen molar-refractivity contribution in [1.82, 2.24) is 20.2 Å². The Morgan fingerprint density at radius 1 is 1.12 bits per heavy atom. The summed E-state index contributed by atoms with van der Waals surface area (Å²) in [5.74, 6) is -2.37. The normalized spacial score (nSPS) is 18.3. The largest absolute Gasteiger partial charge is 0.478 e. The summed E-state index contributed by atoms with van der Waals surface area (Å²) < 4.78 is 0. The van der Waals surface area contributed by atoms with E-state index in [-0.39, 0.29) is 33.3 Å². The molecule has 0 unspecified atom stereocenters. The second-order valence-electron chi connectivity index (χ2n) is 8.60. The number of aliphatic carboxylic acids is 2. The fourth-order valence-corrected chi connectivity index (χ4v) is 7.37. The predicted octanol–water partition coefficient (Wildman–Crippen LogP) is 3.22. The molecule has 0 spiro atoms. The van der Waals surface area contributed by atoms with Crippen molar-refractivity contribution in [2.24, 2.45) is 0 Å². The number of allylic oxidation sites excluding steroid dienone is 1. The third-order valence-electron chi connectivity index (χ3n) is 5.72. The SMILES string of the molecule is Nc1cc(SC/C=C/C2=C(C(=O)O)N3C(=O)[C@@H](NC(=O)CSc4cc(Cl)c(/C=C/C(=O)O)cc4Cl)[C@H]3SC2)nc(N)n1. The van der Waals surface area contributed by atoms with Crippen molar-refractivity contribution in [1.29, 1.82) is 0 Å². The van der Waals surface area contributed by atoms with Crippen LogP contribution >= 0.6 is 58.5 Å². The summed E-state index contributed by atoms with van der Waals surface area (Å²) in [7, 11) is 0. The molecule has 220 valence electrons. The standard InChI is InChI=1S/C25H22Cl2N6O6S3/c26-13-7-15(14(27)6-11(13)3-4-19(35)36)41-10-17(34)31-20-22(37)33-21(24(38)39)12(9-42-23(20)33)2-1-5-40-18-8-16(28)30-25(29)32-18/h1-4,6-8,20,23H,5,9-10H2,(H,31,34)(H,35,36)(H,38,39)(H4,28,29,30,32)/b2-1+,4-3+/t20-,23-/m1/s1. The van der Waals surface area contributed by atoms with Crippen molar-refractivity contribution in [2.45, 2.75) is 21.3 Å². The van der Waals surface area contributed by atoms with Crippen LogP contribution in [0.5, 0.6) is 0 Å². The number of fused-ring (bicyclic) bond motifs is 1. The minimum absolute atomic E-state index is 0.0538. The van der Waals surface area contributed by atoms with Gasteiger partial charge in [-0.3, -0.25) is 14.5 Å². The lowest BCUT2D eigenvalue weighted by Crippen LogP contribution is -2.70. The summed E-state index contributed by atoms with van der Waals surface area (Å²) in [4.78, 5) is 58.0. The first-order chi connectivity index (χ1) is 19.9. The number of hydrogen-bond donors (Lipinski definition) is 5. The molecule has 1 aromatic carbocycles. The van der Waals surface area contributed by atoms with Crippen LogP contribution < -0.4 is 16.8 Å². The van der Waals surface area contributed by atoms with E-state index in [0.717, 1.165) is 17.8 Å². The van der Waals surface area contributed by atoms with Crippen molar-refractivity contribution in [3.8, 4) is 0 Å². The van der Waals surface area contributed by atoms with Crippen LogP contribution in [0.4, 0.5) is 11.8 Å². The highest BCUT2D eigenvalue weighted by Crippen LogP contribution is 2.41. The van der Waals surface area contributed by atoms with Crippen molar-refractivity contribution >= 4 is 100 Å². The molecule has 12 nitrogen and oxygen atoms in total. The molecule has 17 heteroatoms. The number of hydrogen-bond acceptors (Lipinski definition) is 11. The van der Waals surface area contributed by atoms with E-state index >= 15 is 0 Å². The second kappa shape index (κ2) is 13.7. The fraction of sp³-hybridized carbons (Fsp3) is 0.200. The maximum absolute atomic E-state index is 12.9. The Kier molecular flexibility index (Phi) is 10.3. The highest BCUT2D eigenvalue weighted by atomic mass is 35.5. The van der Waals surface area contributed by atoms with Crippen LogP contribution in [0.2, 0.25) is 10.0 Å². The van der Waals surface area contributed by atoms with E-state index in [0.29, 0.717) is 32.6 Å². The van der Waals surface area contributed by atoms with Gasteiger partial charge in [-0.05, 0) is 29.3 Å². The molecule has 4 rings (SSSR count). The molecule has 2 atom stereocenters. The van der Waals surface area contributed by atoms with E-state index in [1.54, 1.807) is 18.2 Å². The Bertz CT molecular complexity index is 1530. The van der Waals surface area contributed by atoms with E-state index in [2.05, 4.69) is 15.3 Å². The molecule has 1 fully saturated rings. The van der Waals surface area contributed by atoms with Crippen molar-refractivity contribution in [3.05, 3.63) is 63.3 Å². The maximum Gasteiger partial charge on any atom is 0.352 e. The molecule has 0 saturated carbocycles. The maximum atomic E-state index is 12.9. The van der Waals surface area contributed by atoms with E-state index in [1.807, 2.05) is 0 Å². The molecule has 2 amide bonds. The molecule has 2 aromatic rings. The lowest BCUT2D eigenvalue weighted by Gasteiger charge is -2.49. The van der Waals surface area contributed by atoms with Crippen molar-refractivity contribution < 1.29 is 29.4 Å². The number of benzene rings is 1. The third-order valence-corrected chi connectivity index (χ3v) is 9.69. The molecule has 0 radical (unpaired) electrons. The molecular formula is C25H22Cl2N6O6S3. The third kappa shape index (κ3) is 7.52. The molecule has 3 heterocycles. The average Bonchev–Trinajstić information content (AvgIpc) is 2.92. The summed E-state index contributed by atoms with van der Waals surface area (Å²) in [6.07, 6.45) is 5.64. The van der Waals surface area contributed by atoms with Crippen molar-refractivity contribution in [3.63, 3.8) is 0 Å². The summed E-state index contributed by atoms with van der Waals surface area (Å²) in [6, 6.07) is 3.70. The van der Waals surface area contributed by atoms with Gasteiger partial charge in [0.15, 0.2) is 0 Å². The Labute approximate surface area is 262 Å². The van der Waals surface area contributed by atoms with Gasteiger partial charge in [0.05, 0.1) is 10.8 Å². The lowest BCUT2D eigenvalue weighted by molar-refractivity contribution is -0.150. The minimum Gasteiger partial charge on any atom is -0.478 e. The van der Waals surface area contributed by atoms with Gasteiger partial charge in [0, 0.05) is 33.6 Å². The van der Waals surface area contributed by atoms with Gasteiger partial charge in [0.25, 0.3) is 5.91 Å². The van der Waals surface area contributed by atoms with Gasteiger partial charge >= 0.3 is 11.9 Å². The van der Waals surface area contributed by atoms with Crippen LogP contribution in [0, 0.1) is 0 Å². The molecule has 2 aliphatic rings.